The lowest BCUT2D eigenvalue weighted by molar-refractivity contribution is 0.0679. The van der Waals surface area contributed by atoms with Crippen LogP contribution in [-0.4, -0.2) is 37.2 Å². The molecule has 100 valence electrons. The SMILES string of the molecule is CC1OCCC1N(C)C(CN)c1ccccc1F. The van der Waals surface area contributed by atoms with E-state index in [1.807, 2.05) is 19.2 Å². The molecule has 1 aromatic rings. The smallest absolute Gasteiger partial charge is 0.128 e. The summed E-state index contributed by atoms with van der Waals surface area (Å²) in [6, 6.07) is 7.06. The summed E-state index contributed by atoms with van der Waals surface area (Å²) >= 11 is 0. The standard InChI is InChI=1S/C14H21FN2O/c1-10-13(7-8-18-10)17(2)14(9-16)11-5-3-4-6-12(11)15/h3-6,10,13-14H,7-9,16H2,1-2H3. The molecule has 0 spiro atoms. The van der Waals surface area contributed by atoms with Gasteiger partial charge in [-0.3, -0.25) is 4.90 Å². The highest BCUT2D eigenvalue weighted by atomic mass is 19.1. The minimum Gasteiger partial charge on any atom is -0.377 e. The van der Waals surface area contributed by atoms with Crippen molar-refractivity contribution in [3.8, 4) is 0 Å². The highest BCUT2D eigenvalue weighted by Crippen LogP contribution is 2.28. The molecule has 1 saturated heterocycles. The first-order valence-corrected chi connectivity index (χ1v) is 6.43. The molecular weight excluding hydrogens is 231 g/mol. The molecule has 3 nitrogen and oxygen atoms in total. The molecule has 1 aromatic carbocycles. The van der Waals surface area contributed by atoms with Crippen molar-refractivity contribution in [1.29, 1.82) is 0 Å². The van der Waals surface area contributed by atoms with E-state index in [0.29, 0.717) is 18.2 Å². The fourth-order valence-electron chi connectivity index (χ4n) is 2.74. The Morgan fingerprint density at radius 3 is 2.78 bits per heavy atom. The average molecular weight is 252 g/mol. The van der Waals surface area contributed by atoms with Crippen LogP contribution in [0.1, 0.15) is 24.9 Å². The monoisotopic (exact) mass is 252 g/mol. The largest absolute Gasteiger partial charge is 0.377 e. The van der Waals surface area contributed by atoms with Crippen LogP contribution in [-0.2, 0) is 4.74 Å². The molecule has 3 atom stereocenters. The Labute approximate surface area is 108 Å². The summed E-state index contributed by atoms with van der Waals surface area (Å²) in [4.78, 5) is 2.15. The van der Waals surface area contributed by atoms with Gasteiger partial charge in [0.05, 0.1) is 6.10 Å². The Morgan fingerprint density at radius 2 is 2.22 bits per heavy atom. The molecule has 18 heavy (non-hydrogen) atoms. The van der Waals surface area contributed by atoms with E-state index >= 15 is 0 Å². The van der Waals surface area contributed by atoms with Crippen LogP contribution < -0.4 is 5.73 Å². The van der Waals surface area contributed by atoms with Crippen LogP contribution in [0.2, 0.25) is 0 Å². The van der Waals surface area contributed by atoms with Gasteiger partial charge in [0.1, 0.15) is 5.82 Å². The molecule has 3 unspecified atom stereocenters. The summed E-state index contributed by atoms with van der Waals surface area (Å²) < 4.78 is 19.4. The predicted octanol–water partition coefficient (Wildman–Crippen LogP) is 1.93. The molecule has 0 amide bonds. The summed E-state index contributed by atoms with van der Waals surface area (Å²) in [5.41, 5.74) is 6.51. The first-order valence-electron chi connectivity index (χ1n) is 6.43. The first kappa shape index (κ1) is 13.5. The van der Waals surface area contributed by atoms with Gasteiger partial charge in [-0.1, -0.05) is 18.2 Å². The molecule has 1 fully saturated rings. The normalized spacial score (nSPS) is 25.6. The van der Waals surface area contributed by atoms with Gasteiger partial charge in [0, 0.05) is 30.8 Å². The Morgan fingerprint density at radius 1 is 1.50 bits per heavy atom. The summed E-state index contributed by atoms with van der Waals surface area (Å²) in [6.07, 6.45) is 1.15. The van der Waals surface area contributed by atoms with Crippen LogP contribution in [0.15, 0.2) is 24.3 Å². The van der Waals surface area contributed by atoms with Crippen LogP contribution >= 0.6 is 0 Å². The zero-order valence-corrected chi connectivity index (χ0v) is 11.0. The highest BCUT2D eigenvalue weighted by molar-refractivity contribution is 5.22. The number of hydrogen-bond acceptors (Lipinski definition) is 3. The van der Waals surface area contributed by atoms with Crippen LogP contribution in [0.25, 0.3) is 0 Å². The second-order valence-electron chi connectivity index (χ2n) is 4.87. The van der Waals surface area contributed by atoms with Gasteiger partial charge in [0.2, 0.25) is 0 Å². The maximum Gasteiger partial charge on any atom is 0.128 e. The predicted molar refractivity (Wildman–Crippen MR) is 69.8 cm³/mol. The van der Waals surface area contributed by atoms with Crippen molar-refractivity contribution in [1.82, 2.24) is 4.90 Å². The number of hydrogen-bond donors (Lipinski definition) is 1. The Bertz CT molecular complexity index is 399. The molecule has 2 rings (SSSR count). The second-order valence-corrected chi connectivity index (χ2v) is 4.87. The van der Waals surface area contributed by atoms with Gasteiger partial charge >= 0.3 is 0 Å². The number of halogens is 1. The lowest BCUT2D eigenvalue weighted by atomic mass is 10.0. The Kier molecular flexibility index (Phi) is 4.32. The van der Waals surface area contributed by atoms with Crippen molar-refractivity contribution in [2.75, 3.05) is 20.2 Å². The lowest BCUT2D eigenvalue weighted by Crippen LogP contribution is -2.42. The van der Waals surface area contributed by atoms with Gasteiger partial charge in [-0.05, 0) is 26.5 Å². The van der Waals surface area contributed by atoms with E-state index in [-0.39, 0.29) is 18.0 Å². The molecule has 0 radical (unpaired) electrons. The lowest BCUT2D eigenvalue weighted by Gasteiger charge is -2.34. The van der Waals surface area contributed by atoms with Crippen molar-refractivity contribution in [2.24, 2.45) is 5.73 Å². The maximum atomic E-state index is 13.9. The van der Waals surface area contributed by atoms with Gasteiger partial charge in [-0.25, -0.2) is 4.39 Å². The fourth-order valence-corrected chi connectivity index (χ4v) is 2.74. The minimum absolute atomic E-state index is 0.0969. The molecule has 2 N–H and O–H groups in total. The molecule has 0 aromatic heterocycles. The molecule has 0 saturated carbocycles. The fraction of sp³-hybridized carbons (Fsp3) is 0.571. The van der Waals surface area contributed by atoms with Crippen molar-refractivity contribution in [3.05, 3.63) is 35.6 Å². The number of benzene rings is 1. The summed E-state index contributed by atoms with van der Waals surface area (Å²) in [5.74, 6) is -0.189. The van der Waals surface area contributed by atoms with Crippen LogP contribution in [0.3, 0.4) is 0 Å². The maximum absolute atomic E-state index is 13.9. The highest BCUT2D eigenvalue weighted by Gasteiger charge is 2.32. The minimum atomic E-state index is -0.189. The molecular formula is C14H21FN2O. The number of ether oxygens (including phenoxy) is 1. The van der Waals surface area contributed by atoms with E-state index in [9.17, 15) is 4.39 Å². The van der Waals surface area contributed by atoms with E-state index in [0.717, 1.165) is 13.0 Å². The third kappa shape index (κ3) is 2.55. The van der Waals surface area contributed by atoms with E-state index < -0.39 is 0 Å². The third-order valence-corrected chi connectivity index (χ3v) is 3.84. The van der Waals surface area contributed by atoms with E-state index in [4.69, 9.17) is 10.5 Å². The van der Waals surface area contributed by atoms with Gasteiger partial charge in [0.15, 0.2) is 0 Å². The van der Waals surface area contributed by atoms with Crippen molar-refractivity contribution in [2.45, 2.75) is 31.5 Å². The summed E-state index contributed by atoms with van der Waals surface area (Å²) in [7, 11) is 2.00. The summed E-state index contributed by atoms with van der Waals surface area (Å²) in [5, 5.41) is 0. The van der Waals surface area contributed by atoms with E-state index in [1.165, 1.54) is 6.07 Å². The van der Waals surface area contributed by atoms with Gasteiger partial charge in [-0.2, -0.15) is 0 Å². The zero-order valence-electron chi connectivity index (χ0n) is 11.0. The van der Waals surface area contributed by atoms with Crippen LogP contribution in [0, 0.1) is 5.82 Å². The first-order chi connectivity index (χ1) is 8.65. The summed E-state index contributed by atoms with van der Waals surface area (Å²) in [6.45, 7) is 3.23. The molecule has 1 heterocycles. The van der Waals surface area contributed by atoms with Gasteiger partial charge < -0.3 is 10.5 Å². The average Bonchev–Trinajstić information content (AvgIpc) is 2.78. The van der Waals surface area contributed by atoms with Crippen LogP contribution in [0.5, 0.6) is 0 Å². The van der Waals surface area contributed by atoms with Crippen molar-refractivity contribution in [3.63, 3.8) is 0 Å². The third-order valence-electron chi connectivity index (χ3n) is 3.84. The van der Waals surface area contributed by atoms with E-state index in [1.54, 1.807) is 6.07 Å². The van der Waals surface area contributed by atoms with Crippen LogP contribution in [0.4, 0.5) is 4.39 Å². The Balaban J connectivity index is 2.20. The number of nitrogens with zero attached hydrogens (tertiary/aromatic N) is 1. The van der Waals surface area contributed by atoms with E-state index in [2.05, 4.69) is 11.8 Å². The molecule has 0 bridgehead atoms. The number of rotatable bonds is 4. The topological polar surface area (TPSA) is 38.5 Å². The molecule has 1 aliphatic heterocycles. The molecule has 0 aliphatic carbocycles. The Hall–Kier alpha value is -0.970. The number of nitrogens with two attached hydrogens (primary N) is 1. The zero-order chi connectivity index (χ0) is 13.1. The van der Waals surface area contributed by atoms with Gasteiger partial charge in [-0.15, -0.1) is 0 Å². The molecule has 1 aliphatic rings. The van der Waals surface area contributed by atoms with Crippen molar-refractivity contribution >= 4 is 0 Å². The number of likely N-dealkylation sites (N-methyl/N-ethyl adjacent to an activating group) is 1. The van der Waals surface area contributed by atoms with Gasteiger partial charge in [0.25, 0.3) is 0 Å². The molecule has 4 heteroatoms. The van der Waals surface area contributed by atoms with Crippen molar-refractivity contribution < 1.29 is 9.13 Å². The quantitative estimate of drug-likeness (QED) is 0.890. The second kappa shape index (κ2) is 5.78.